The zero-order chi connectivity index (χ0) is 12.2. The molecule has 2 unspecified atom stereocenters. The first kappa shape index (κ1) is 13.9. The summed E-state index contributed by atoms with van der Waals surface area (Å²) in [5.41, 5.74) is 4.38. The minimum Gasteiger partial charge on any atom is -0.469 e. The summed E-state index contributed by atoms with van der Waals surface area (Å²) in [6.45, 7) is 6.90. The lowest BCUT2D eigenvalue weighted by Crippen LogP contribution is -2.56. The number of esters is 1. The molecule has 0 aromatic carbocycles. The highest BCUT2D eigenvalue weighted by Gasteiger charge is 2.30. The van der Waals surface area contributed by atoms with Gasteiger partial charge in [0.2, 0.25) is 5.91 Å². The predicted molar refractivity (Wildman–Crippen MR) is 57.1 cm³/mol. The Morgan fingerprint density at radius 2 is 1.80 bits per heavy atom. The van der Waals surface area contributed by atoms with Crippen LogP contribution in [0.3, 0.4) is 0 Å². The lowest BCUT2D eigenvalue weighted by atomic mass is 9.98. The van der Waals surface area contributed by atoms with Crippen molar-refractivity contribution in [1.82, 2.24) is 5.32 Å². The number of primary amides is 1. The molecule has 0 aliphatic rings. The van der Waals surface area contributed by atoms with Gasteiger partial charge in [0.25, 0.3) is 0 Å². The summed E-state index contributed by atoms with van der Waals surface area (Å²) in [6.07, 6.45) is 0. The first-order valence-corrected chi connectivity index (χ1v) is 4.87. The molecular weight excluding hydrogens is 196 g/mol. The van der Waals surface area contributed by atoms with Crippen molar-refractivity contribution in [1.29, 1.82) is 0 Å². The Bertz CT molecular complexity index is 251. The summed E-state index contributed by atoms with van der Waals surface area (Å²) in [4.78, 5) is 22.3. The average Bonchev–Trinajstić information content (AvgIpc) is 2.14. The highest BCUT2D eigenvalue weighted by molar-refractivity contribution is 5.83. The SMILES string of the molecule is COC(=O)C(C)C(C)NC(C)(C)C(N)=O. The Morgan fingerprint density at radius 3 is 2.13 bits per heavy atom. The van der Waals surface area contributed by atoms with Gasteiger partial charge in [-0.25, -0.2) is 0 Å². The van der Waals surface area contributed by atoms with Gasteiger partial charge in [-0.3, -0.25) is 9.59 Å². The number of carbonyl (C=O) groups excluding carboxylic acids is 2. The summed E-state index contributed by atoms with van der Waals surface area (Å²) in [5.74, 6) is -1.09. The topological polar surface area (TPSA) is 81.4 Å². The van der Waals surface area contributed by atoms with Gasteiger partial charge in [0.15, 0.2) is 0 Å². The molecule has 0 spiro atoms. The number of nitrogens with one attached hydrogen (secondary N) is 1. The highest BCUT2D eigenvalue weighted by Crippen LogP contribution is 2.10. The number of amides is 1. The zero-order valence-electron chi connectivity index (χ0n) is 9.96. The molecule has 5 heteroatoms. The van der Waals surface area contributed by atoms with E-state index in [1.54, 1.807) is 20.8 Å². The summed E-state index contributed by atoms with van der Waals surface area (Å²) < 4.78 is 4.61. The minimum absolute atomic E-state index is 0.181. The second kappa shape index (κ2) is 5.11. The van der Waals surface area contributed by atoms with E-state index in [2.05, 4.69) is 10.1 Å². The number of methoxy groups -OCH3 is 1. The zero-order valence-corrected chi connectivity index (χ0v) is 9.96. The third-order valence-electron chi connectivity index (χ3n) is 2.53. The number of nitrogens with two attached hydrogens (primary N) is 1. The van der Waals surface area contributed by atoms with Gasteiger partial charge in [-0.05, 0) is 20.8 Å². The lowest BCUT2D eigenvalue weighted by molar-refractivity contribution is -0.146. The molecule has 0 radical (unpaired) electrons. The Kier molecular flexibility index (Phi) is 4.74. The van der Waals surface area contributed by atoms with Crippen molar-refractivity contribution in [3.63, 3.8) is 0 Å². The van der Waals surface area contributed by atoms with Crippen LogP contribution in [0, 0.1) is 5.92 Å². The third kappa shape index (κ3) is 3.87. The number of rotatable bonds is 5. The molecule has 0 aromatic heterocycles. The van der Waals surface area contributed by atoms with Crippen LogP contribution in [0.2, 0.25) is 0 Å². The fraction of sp³-hybridized carbons (Fsp3) is 0.800. The predicted octanol–water partition coefficient (Wildman–Crippen LogP) is 0.0375. The van der Waals surface area contributed by atoms with Crippen LogP contribution in [0.25, 0.3) is 0 Å². The van der Waals surface area contributed by atoms with E-state index in [-0.39, 0.29) is 17.9 Å². The molecule has 0 bridgehead atoms. The summed E-state index contributed by atoms with van der Waals surface area (Å²) in [6, 6.07) is -0.181. The summed E-state index contributed by atoms with van der Waals surface area (Å²) >= 11 is 0. The third-order valence-corrected chi connectivity index (χ3v) is 2.53. The molecular formula is C10H20N2O3. The van der Waals surface area contributed by atoms with Crippen LogP contribution in [-0.4, -0.2) is 30.6 Å². The van der Waals surface area contributed by atoms with Crippen LogP contribution >= 0.6 is 0 Å². The van der Waals surface area contributed by atoms with Crippen molar-refractivity contribution >= 4 is 11.9 Å². The monoisotopic (exact) mass is 216 g/mol. The van der Waals surface area contributed by atoms with E-state index in [4.69, 9.17) is 5.73 Å². The molecule has 0 heterocycles. The van der Waals surface area contributed by atoms with Crippen LogP contribution in [0.4, 0.5) is 0 Å². The van der Waals surface area contributed by atoms with Crippen molar-refractivity contribution in [2.24, 2.45) is 11.7 Å². The molecule has 0 aromatic rings. The van der Waals surface area contributed by atoms with Gasteiger partial charge in [0, 0.05) is 6.04 Å². The first-order chi connectivity index (χ1) is 6.72. The smallest absolute Gasteiger partial charge is 0.309 e. The molecule has 2 atom stereocenters. The molecule has 5 nitrogen and oxygen atoms in total. The summed E-state index contributed by atoms with van der Waals surface area (Å²) in [7, 11) is 1.34. The Hall–Kier alpha value is -1.10. The van der Waals surface area contributed by atoms with E-state index < -0.39 is 11.4 Å². The second-order valence-electron chi connectivity index (χ2n) is 4.23. The number of ether oxygens (including phenoxy) is 1. The lowest BCUT2D eigenvalue weighted by Gasteiger charge is -2.29. The van der Waals surface area contributed by atoms with Gasteiger partial charge in [-0.15, -0.1) is 0 Å². The first-order valence-electron chi connectivity index (χ1n) is 4.87. The molecule has 88 valence electrons. The molecule has 1 amide bonds. The average molecular weight is 216 g/mol. The fourth-order valence-corrected chi connectivity index (χ4v) is 1.16. The summed E-state index contributed by atoms with van der Waals surface area (Å²) in [5, 5.41) is 3.00. The Morgan fingerprint density at radius 1 is 1.33 bits per heavy atom. The van der Waals surface area contributed by atoms with E-state index in [1.807, 2.05) is 6.92 Å². The molecule has 0 aliphatic heterocycles. The Balaban J connectivity index is 4.42. The van der Waals surface area contributed by atoms with Crippen LogP contribution < -0.4 is 11.1 Å². The molecule has 0 saturated carbocycles. The van der Waals surface area contributed by atoms with Crippen LogP contribution in [0.15, 0.2) is 0 Å². The minimum atomic E-state index is -0.832. The van der Waals surface area contributed by atoms with Crippen molar-refractivity contribution in [3.05, 3.63) is 0 Å². The van der Waals surface area contributed by atoms with Gasteiger partial charge in [-0.2, -0.15) is 0 Å². The largest absolute Gasteiger partial charge is 0.469 e. The van der Waals surface area contributed by atoms with Crippen LogP contribution in [0.1, 0.15) is 27.7 Å². The van der Waals surface area contributed by atoms with Gasteiger partial charge >= 0.3 is 5.97 Å². The van der Waals surface area contributed by atoms with Gasteiger partial charge < -0.3 is 15.8 Å². The second-order valence-corrected chi connectivity index (χ2v) is 4.23. The van der Waals surface area contributed by atoms with Crippen LogP contribution in [0.5, 0.6) is 0 Å². The normalized spacial score (nSPS) is 15.5. The van der Waals surface area contributed by atoms with E-state index in [0.717, 1.165) is 0 Å². The van der Waals surface area contributed by atoms with Crippen molar-refractivity contribution < 1.29 is 14.3 Å². The maximum atomic E-state index is 11.2. The quantitative estimate of drug-likeness (QED) is 0.636. The molecule has 0 rings (SSSR count). The molecule has 0 saturated heterocycles. The molecule has 3 N–H and O–H groups in total. The molecule has 0 fully saturated rings. The van der Waals surface area contributed by atoms with E-state index in [0.29, 0.717) is 0 Å². The van der Waals surface area contributed by atoms with Crippen molar-refractivity contribution in [2.75, 3.05) is 7.11 Å². The van der Waals surface area contributed by atoms with Gasteiger partial charge in [0.05, 0.1) is 18.6 Å². The van der Waals surface area contributed by atoms with E-state index in [1.165, 1.54) is 7.11 Å². The number of hydrogen-bond donors (Lipinski definition) is 2. The maximum Gasteiger partial charge on any atom is 0.309 e. The van der Waals surface area contributed by atoms with Crippen molar-refractivity contribution in [3.8, 4) is 0 Å². The molecule has 0 aliphatic carbocycles. The van der Waals surface area contributed by atoms with Gasteiger partial charge in [0.1, 0.15) is 0 Å². The van der Waals surface area contributed by atoms with Gasteiger partial charge in [-0.1, -0.05) is 6.92 Å². The van der Waals surface area contributed by atoms with E-state index in [9.17, 15) is 9.59 Å². The number of hydrogen-bond acceptors (Lipinski definition) is 4. The van der Waals surface area contributed by atoms with Crippen molar-refractivity contribution in [2.45, 2.75) is 39.3 Å². The standard InChI is InChI=1S/C10H20N2O3/c1-6(8(13)15-5)7(2)12-10(3,4)9(11)14/h6-7,12H,1-5H3,(H2,11,14). The highest BCUT2D eigenvalue weighted by atomic mass is 16.5. The Labute approximate surface area is 90.4 Å². The maximum absolute atomic E-state index is 11.2. The van der Waals surface area contributed by atoms with Crippen LogP contribution in [-0.2, 0) is 14.3 Å². The van der Waals surface area contributed by atoms with E-state index >= 15 is 0 Å². The number of carbonyl (C=O) groups is 2. The molecule has 15 heavy (non-hydrogen) atoms. The fourth-order valence-electron chi connectivity index (χ4n) is 1.16.